The first-order valence-electron chi connectivity index (χ1n) is 4.12. The predicted molar refractivity (Wildman–Crippen MR) is 59.9 cm³/mol. The highest BCUT2D eigenvalue weighted by molar-refractivity contribution is 9.10. The van der Waals surface area contributed by atoms with Gasteiger partial charge in [-0.2, -0.15) is 0 Å². The molecule has 1 rings (SSSR count). The molecule has 0 amide bonds. The molecule has 0 aliphatic heterocycles. The van der Waals surface area contributed by atoms with Gasteiger partial charge in [0.05, 0.1) is 0 Å². The van der Waals surface area contributed by atoms with E-state index in [1.807, 2.05) is 25.1 Å². The molecule has 14 heavy (non-hydrogen) atoms. The maximum absolute atomic E-state index is 10.5. The molecule has 4 heteroatoms. The van der Waals surface area contributed by atoms with Gasteiger partial charge in [-0.3, -0.25) is 4.79 Å². The van der Waals surface area contributed by atoms with E-state index in [1.54, 1.807) is 0 Å². The number of aliphatic carboxylic acids is 1. The normalized spacial score (nSPS) is 12.5. The number of carbonyl (C=O) groups is 1. The predicted octanol–water partition coefficient (Wildman–Crippen LogP) is 2.99. The topological polar surface area (TPSA) is 37.3 Å². The Balaban J connectivity index is 2.78. The highest BCUT2D eigenvalue weighted by Gasteiger charge is 2.14. The van der Waals surface area contributed by atoms with Gasteiger partial charge < -0.3 is 5.11 Å². The summed E-state index contributed by atoms with van der Waals surface area (Å²) in [6.07, 6.45) is 0.343. The van der Waals surface area contributed by atoms with E-state index in [4.69, 9.17) is 16.7 Å². The average molecular weight is 278 g/mol. The number of rotatable bonds is 3. The molecule has 0 heterocycles. The summed E-state index contributed by atoms with van der Waals surface area (Å²) >= 11 is 9.01. The summed E-state index contributed by atoms with van der Waals surface area (Å²) in [6, 6.07) is 5.72. The molecule has 1 atom stereocenters. The van der Waals surface area contributed by atoms with Crippen molar-refractivity contribution in [2.75, 3.05) is 0 Å². The van der Waals surface area contributed by atoms with E-state index in [1.165, 1.54) is 0 Å². The van der Waals surface area contributed by atoms with E-state index in [0.717, 1.165) is 15.6 Å². The summed E-state index contributed by atoms with van der Waals surface area (Å²) in [6.45, 7) is 1.98. The van der Waals surface area contributed by atoms with Gasteiger partial charge in [0.25, 0.3) is 0 Å². The van der Waals surface area contributed by atoms with Crippen molar-refractivity contribution in [1.82, 2.24) is 0 Å². The summed E-state index contributed by atoms with van der Waals surface area (Å²) in [7, 11) is 0. The fourth-order valence-corrected chi connectivity index (χ4v) is 1.66. The molecule has 0 saturated heterocycles. The van der Waals surface area contributed by atoms with Crippen molar-refractivity contribution in [1.29, 1.82) is 0 Å². The molecule has 76 valence electrons. The summed E-state index contributed by atoms with van der Waals surface area (Å²) in [5.41, 5.74) is 2.04. The second-order valence-corrected chi connectivity index (χ2v) is 4.47. The first-order chi connectivity index (χ1) is 6.50. The van der Waals surface area contributed by atoms with E-state index in [9.17, 15) is 4.79 Å². The molecular formula is C10H10BrClO2. The third-order valence-corrected chi connectivity index (χ3v) is 3.11. The van der Waals surface area contributed by atoms with E-state index in [2.05, 4.69) is 15.9 Å². The molecule has 0 radical (unpaired) electrons. The SMILES string of the molecule is Cc1ccc(CC(Cl)C(=O)O)cc1Br. The Labute approximate surface area is 96.0 Å². The molecule has 0 saturated carbocycles. The van der Waals surface area contributed by atoms with Crippen LogP contribution < -0.4 is 0 Å². The minimum absolute atomic E-state index is 0.343. The molecule has 0 aliphatic rings. The Morgan fingerprint density at radius 2 is 2.29 bits per heavy atom. The Hall–Kier alpha value is -0.540. The van der Waals surface area contributed by atoms with Crippen LogP contribution in [0.15, 0.2) is 22.7 Å². The fraction of sp³-hybridized carbons (Fsp3) is 0.300. The van der Waals surface area contributed by atoms with Crippen LogP contribution in [0.4, 0.5) is 0 Å². The molecule has 0 spiro atoms. The number of carboxylic acid groups (broad SMARTS) is 1. The number of benzene rings is 1. The van der Waals surface area contributed by atoms with Crippen molar-refractivity contribution in [3.8, 4) is 0 Å². The molecule has 1 aromatic rings. The smallest absolute Gasteiger partial charge is 0.321 e. The van der Waals surface area contributed by atoms with Gasteiger partial charge in [-0.15, -0.1) is 11.6 Å². The lowest BCUT2D eigenvalue weighted by molar-refractivity contribution is -0.136. The minimum atomic E-state index is -0.983. The standard InChI is InChI=1S/C10H10BrClO2/c1-6-2-3-7(4-8(6)11)5-9(12)10(13)14/h2-4,9H,5H2,1H3,(H,13,14). The molecule has 1 aromatic carbocycles. The van der Waals surface area contributed by atoms with Crippen LogP contribution in [0, 0.1) is 6.92 Å². The molecule has 0 bridgehead atoms. The molecule has 0 aliphatic carbocycles. The Morgan fingerprint density at radius 3 is 2.79 bits per heavy atom. The third-order valence-electron chi connectivity index (χ3n) is 1.92. The van der Waals surface area contributed by atoms with Gasteiger partial charge in [-0.1, -0.05) is 28.1 Å². The number of aryl methyl sites for hydroxylation is 1. The monoisotopic (exact) mass is 276 g/mol. The minimum Gasteiger partial charge on any atom is -0.480 e. The van der Waals surface area contributed by atoms with Gasteiger partial charge in [0, 0.05) is 4.47 Å². The molecule has 0 aromatic heterocycles. The van der Waals surface area contributed by atoms with Crippen molar-refractivity contribution in [2.24, 2.45) is 0 Å². The largest absolute Gasteiger partial charge is 0.480 e. The lowest BCUT2D eigenvalue weighted by atomic mass is 10.1. The van der Waals surface area contributed by atoms with Crippen molar-refractivity contribution < 1.29 is 9.90 Å². The summed E-state index contributed by atoms with van der Waals surface area (Å²) in [5.74, 6) is -0.983. The van der Waals surface area contributed by atoms with Crippen molar-refractivity contribution in [3.63, 3.8) is 0 Å². The van der Waals surface area contributed by atoms with Crippen molar-refractivity contribution >= 4 is 33.5 Å². The van der Waals surface area contributed by atoms with Crippen molar-refractivity contribution in [2.45, 2.75) is 18.7 Å². The lowest BCUT2D eigenvalue weighted by Crippen LogP contribution is -2.15. The van der Waals surface area contributed by atoms with Crippen molar-refractivity contribution in [3.05, 3.63) is 33.8 Å². The Morgan fingerprint density at radius 1 is 1.64 bits per heavy atom. The maximum atomic E-state index is 10.5. The van der Waals surface area contributed by atoms with Crippen LogP contribution in [-0.2, 0) is 11.2 Å². The number of carboxylic acids is 1. The second kappa shape index (κ2) is 4.80. The van der Waals surface area contributed by atoms with Gasteiger partial charge in [-0.25, -0.2) is 0 Å². The fourth-order valence-electron chi connectivity index (χ4n) is 1.06. The molecular weight excluding hydrogens is 267 g/mol. The second-order valence-electron chi connectivity index (χ2n) is 3.09. The van der Waals surface area contributed by atoms with Gasteiger partial charge in [0.15, 0.2) is 0 Å². The molecule has 1 N–H and O–H groups in total. The van der Waals surface area contributed by atoms with Crippen LogP contribution in [0.2, 0.25) is 0 Å². The molecule has 2 nitrogen and oxygen atoms in total. The van der Waals surface area contributed by atoms with Gasteiger partial charge in [-0.05, 0) is 30.5 Å². The van der Waals surface area contributed by atoms with E-state index < -0.39 is 11.3 Å². The van der Waals surface area contributed by atoms with E-state index in [-0.39, 0.29) is 0 Å². The van der Waals surface area contributed by atoms with Gasteiger partial charge in [0.2, 0.25) is 0 Å². The average Bonchev–Trinajstić information content (AvgIpc) is 2.11. The van der Waals surface area contributed by atoms with Crippen LogP contribution >= 0.6 is 27.5 Å². The molecule has 1 unspecified atom stereocenters. The summed E-state index contributed by atoms with van der Waals surface area (Å²) in [5, 5.41) is 7.77. The highest BCUT2D eigenvalue weighted by atomic mass is 79.9. The Bertz CT molecular complexity index is 352. The van der Waals surface area contributed by atoms with Crippen LogP contribution in [0.3, 0.4) is 0 Å². The van der Waals surface area contributed by atoms with Crippen LogP contribution in [0.25, 0.3) is 0 Å². The zero-order valence-electron chi connectivity index (χ0n) is 7.63. The van der Waals surface area contributed by atoms with E-state index in [0.29, 0.717) is 6.42 Å². The zero-order valence-corrected chi connectivity index (χ0v) is 9.97. The number of hydrogen-bond acceptors (Lipinski definition) is 1. The first kappa shape index (κ1) is 11.5. The number of alkyl halides is 1. The number of halogens is 2. The quantitative estimate of drug-likeness (QED) is 0.863. The third kappa shape index (κ3) is 3.00. The summed E-state index contributed by atoms with van der Waals surface area (Å²) in [4.78, 5) is 10.5. The van der Waals surface area contributed by atoms with Gasteiger partial charge >= 0.3 is 5.97 Å². The van der Waals surface area contributed by atoms with Crippen LogP contribution in [-0.4, -0.2) is 16.5 Å². The van der Waals surface area contributed by atoms with Crippen LogP contribution in [0.1, 0.15) is 11.1 Å². The zero-order chi connectivity index (χ0) is 10.7. The van der Waals surface area contributed by atoms with Gasteiger partial charge in [0.1, 0.15) is 5.38 Å². The van der Waals surface area contributed by atoms with E-state index >= 15 is 0 Å². The molecule has 0 fully saturated rings. The summed E-state index contributed by atoms with van der Waals surface area (Å²) < 4.78 is 0.976. The highest BCUT2D eigenvalue weighted by Crippen LogP contribution is 2.19. The van der Waals surface area contributed by atoms with Crippen LogP contribution in [0.5, 0.6) is 0 Å². The first-order valence-corrected chi connectivity index (χ1v) is 5.35. The number of hydrogen-bond donors (Lipinski definition) is 1. The lowest BCUT2D eigenvalue weighted by Gasteiger charge is -2.06. The Kier molecular flexibility index (Phi) is 3.96. The maximum Gasteiger partial charge on any atom is 0.321 e.